The molecule has 0 saturated carbocycles. The maximum atomic E-state index is 11.8. The van der Waals surface area contributed by atoms with Gasteiger partial charge in [-0.3, -0.25) is 9.59 Å². The van der Waals surface area contributed by atoms with E-state index in [1.165, 1.54) is 4.90 Å². The van der Waals surface area contributed by atoms with E-state index in [1.54, 1.807) is 51.4 Å². The number of carbonyl (C=O) groups excluding carboxylic acids is 2. The first-order valence-corrected chi connectivity index (χ1v) is 6.04. The first-order valence-electron chi connectivity index (χ1n) is 6.04. The van der Waals surface area contributed by atoms with Crippen molar-refractivity contribution >= 4 is 17.5 Å². The molecule has 0 fully saturated rings. The fourth-order valence-corrected chi connectivity index (χ4v) is 1.62. The van der Waals surface area contributed by atoms with E-state index in [0.717, 1.165) is 0 Å². The molecule has 0 unspecified atom stereocenters. The molecular formula is C14H15N3O3. The number of nitrogens with one attached hydrogen (secondary N) is 1. The fourth-order valence-electron chi connectivity index (χ4n) is 1.62. The van der Waals surface area contributed by atoms with Crippen molar-refractivity contribution in [2.24, 2.45) is 0 Å². The normalized spacial score (nSPS) is 10.2. The summed E-state index contributed by atoms with van der Waals surface area (Å²) < 4.78 is 4.87. The van der Waals surface area contributed by atoms with Crippen LogP contribution >= 0.6 is 0 Å². The molecule has 0 bridgehead atoms. The molecule has 0 radical (unpaired) electrons. The summed E-state index contributed by atoms with van der Waals surface area (Å²) in [6.07, 6.45) is 0. The average Bonchev–Trinajstić information content (AvgIpc) is 2.85. The van der Waals surface area contributed by atoms with Gasteiger partial charge < -0.3 is 14.7 Å². The number of hydrogen-bond acceptors (Lipinski definition) is 4. The molecule has 0 atom stereocenters. The van der Waals surface area contributed by atoms with Crippen LogP contribution in [-0.2, 0) is 0 Å². The first kappa shape index (κ1) is 13.8. The van der Waals surface area contributed by atoms with E-state index in [4.69, 9.17) is 4.52 Å². The van der Waals surface area contributed by atoms with Crippen molar-refractivity contribution in [3.05, 3.63) is 47.3 Å². The van der Waals surface area contributed by atoms with Crippen LogP contribution < -0.4 is 5.32 Å². The molecule has 6 heteroatoms. The van der Waals surface area contributed by atoms with Crippen LogP contribution in [0.5, 0.6) is 0 Å². The van der Waals surface area contributed by atoms with Crippen LogP contribution in [0, 0.1) is 6.92 Å². The number of anilines is 1. The summed E-state index contributed by atoms with van der Waals surface area (Å²) >= 11 is 0. The third-order valence-electron chi connectivity index (χ3n) is 2.65. The quantitative estimate of drug-likeness (QED) is 0.927. The molecule has 104 valence electrons. The second-order valence-electron chi connectivity index (χ2n) is 4.56. The zero-order chi connectivity index (χ0) is 14.7. The molecule has 1 aromatic heterocycles. The molecule has 0 spiro atoms. The van der Waals surface area contributed by atoms with Gasteiger partial charge in [-0.1, -0.05) is 5.16 Å². The van der Waals surface area contributed by atoms with E-state index >= 15 is 0 Å². The minimum atomic E-state index is -0.378. The lowest BCUT2D eigenvalue weighted by Gasteiger charge is -2.10. The minimum Gasteiger partial charge on any atom is -0.351 e. The number of nitrogens with zero attached hydrogens (tertiary/aromatic N) is 2. The molecule has 2 amide bonds. The zero-order valence-corrected chi connectivity index (χ0v) is 11.5. The van der Waals surface area contributed by atoms with Crippen LogP contribution in [0.1, 0.15) is 26.6 Å². The molecular weight excluding hydrogens is 258 g/mol. The predicted molar refractivity (Wildman–Crippen MR) is 73.7 cm³/mol. The molecule has 2 rings (SSSR count). The molecule has 0 saturated heterocycles. The van der Waals surface area contributed by atoms with Crippen LogP contribution in [0.2, 0.25) is 0 Å². The van der Waals surface area contributed by atoms with E-state index in [1.807, 2.05) is 0 Å². The van der Waals surface area contributed by atoms with Crippen molar-refractivity contribution < 1.29 is 14.1 Å². The van der Waals surface area contributed by atoms with E-state index in [9.17, 15) is 9.59 Å². The Bertz CT molecular complexity index is 629. The maximum Gasteiger partial charge on any atom is 0.294 e. The number of amides is 2. The van der Waals surface area contributed by atoms with E-state index in [-0.39, 0.29) is 17.6 Å². The Hall–Kier alpha value is -2.63. The topological polar surface area (TPSA) is 75.4 Å². The highest BCUT2D eigenvalue weighted by Gasteiger charge is 2.12. The Morgan fingerprint density at radius 1 is 1.20 bits per heavy atom. The zero-order valence-electron chi connectivity index (χ0n) is 11.5. The number of aryl methyl sites for hydroxylation is 1. The Labute approximate surface area is 116 Å². The molecule has 1 heterocycles. The van der Waals surface area contributed by atoms with Gasteiger partial charge in [0.05, 0.1) is 5.69 Å². The summed E-state index contributed by atoms with van der Waals surface area (Å²) in [6.45, 7) is 1.74. The average molecular weight is 273 g/mol. The smallest absolute Gasteiger partial charge is 0.294 e. The van der Waals surface area contributed by atoms with Gasteiger partial charge in [0, 0.05) is 31.4 Å². The van der Waals surface area contributed by atoms with Crippen LogP contribution in [0.15, 0.2) is 34.9 Å². The summed E-state index contributed by atoms with van der Waals surface area (Å²) in [5.41, 5.74) is 1.78. The highest BCUT2D eigenvalue weighted by molar-refractivity contribution is 6.02. The third kappa shape index (κ3) is 3.03. The largest absolute Gasteiger partial charge is 0.351 e. The number of hydrogen-bond donors (Lipinski definition) is 1. The second kappa shape index (κ2) is 5.56. The van der Waals surface area contributed by atoms with Crippen molar-refractivity contribution in [3.63, 3.8) is 0 Å². The van der Waals surface area contributed by atoms with Gasteiger partial charge in [0.15, 0.2) is 0 Å². The fraction of sp³-hybridized carbons (Fsp3) is 0.214. The summed E-state index contributed by atoms with van der Waals surface area (Å²) in [6, 6.07) is 8.20. The van der Waals surface area contributed by atoms with Gasteiger partial charge in [-0.15, -0.1) is 0 Å². The monoisotopic (exact) mass is 273 g/mol. The summed E-state index contributed by atoms with van der Waals surface area (Å²) in [4.78, 5) is 25.0. The Morgan fingerprint density at radius 2 is 1.85 bits per heavy atom. The van der Waals surface area contributed by atoms with Crippen LogP contribution in [0.4, 0.5) is 5.69 Å². The summed E-state index contributed by atoms with van der Waals surface area (Å²) in [7, 11) is 3.37. The van der Waals surface area contributed by atoms with Gasteiger partial charge in [-0.05, 0) is 31.2 Å². The Kier molecular flexibility index (Phi) is 3.84. The number of benzene rings is 1. The number of aromatic nitrogens is 1. The molecule has 0 aliphatic heterocycles. The first-order chi connectivity index (χ1) is 9.47. The van der Waals surface area contributed by atoms with Gasteiger partial charge in [0.25, 0.3) is 11.8 Å². The number of carbonyl (C=O) groups is 2. The predicted octanol–water partition coefficient (Wildman–Crippen LogP) is 1.94. The van der Waals surface area contributed by atoms with Crippen molar-refractivity contribution in [1.82, 2.24) is 10.1 Å². The van der Waals surface area contributed by atoms with Crippen molar-refractivity contribution in [2.45, 2.75) is 6.92 Å². The lowest BCUT2D eigenvalue weighted by atomic mass is 10.2. The van der Waals surface area contributed by atoms with Gasteiger partial charge in [0.1, 0.15) is 0 Å². The highest BCUT2D eigenvalue weighted by Crippen LogP contribution is 2.12. The lowest BCUT2D eigenvalue weighted by molar-refractivity contribution is 0.0827. The maximum absolute atomic E-state index is 11.8. The van der Waals surface area contributed by atoms with Crippen molar-refractivity contribution in [1.29, 1.82) is 0 Å². The van der Waals surface area contributed by atoms with Gasteiger partial charge in [0.2, 0.25) is 5.76 Å². The molecule has 1 aromatic carbocycles. The SMILES string of the molecule is Cc1cc(C(=O)Nc2ccc(C(=O)N(C)C)cc2)on1. The third-order valence-corrected chi connectivity index (χ3v) is 2.65. The second-order valence-corrected chi connectivity index (χ2v) is 4.56. The summed E-state index contributed by atoms with van der Waals surface area (Å²) in [5.74, 6) is -0.318. The van der Waals surface area contributed by atoms with E-state index in [2.05, 4.69) is 10.5 Å². The summed E-state index contributed by atoms with van der Waals surface area (Å²) in [5, 5.41) is 6.32. The van der Waals surface area contributed by atoms with Crippen molar-refractivity contribution in [3.8, 4) is 0 Å². The molecule has 6 nitrogen and oxygen atoms in total. The van der Waals surface area contributed by atoms with Crippen LogP contribution in [-0.4, -0.2) is 36.0 Å². The van der Waals surface area contributed by atoms with Gasteiger partial charge in [-0.25, -0.2) is 0 Å². The highest BCUT2D eigenvalue weighted by atomic mass is 16.5. The molecule has 1 N–H and O–H groups in total. The number of rotatable bonds is 3. The molecule has 0 aliphatic carbocycles. The van der Waals surface area contributed by atoms with Crippen LogP contribution in [0.3, 0.4) is 0 Å². The Balaban J connectivity index is 2.07. The van der Waals surface area contributed by atoms with Gasteiger partial charge >= 0.3 is 0 Å². The van der Waals surface area contributed by atoms with E-state index < -0.39 is 0 Å². The van der Waals surface area contributed by atoms with Crippen LogP contribution in [0.25, 0.3) is 0 Å². The van der Waals surface area contributed by atoms with E-state index in [0.29, 0.717) is 16.9 Å². The lowest BCUT2D eigenvalue weighted by Crippen LogP contribution is -2.21. The van der Waals surface area contributed by atoms with Crippen molar-refractivity contribution in [2.75, 3.05) is 19.4 Å². The Morgan fingerprint density at radius 3 is 2.35 bits per heavy atom. The molecule has 20 heavy (non-hydrogen) atoms. The minimum absolute atomic E-state index is 0.0891. The van der Waals surface area contributed by atoms with Gasteiger partial charge in [-0.2, -0.15) is 0 Å². The standard InChI is InChI=1S/C14H15N3O3/c1-9-8-12(20-16-9)13(18)15-11-6-4-10(5-7-11)14(19)17(2)3/h4-8H,1-3H3,(H,15,18). The molecule has 0 aliphatic rings. The molecule has 2 aromatic rings.